The maximum Gasteiger partial charge on any atom is 0.154 e. The fourth-order valence-electron chi connectivity index (χ4n) is 7.92. The van der Waals surface area contributed by atoms with E-state index >= 15 is 0 Å². The predicted molar refractivity (Wildman–Crippen MR) is 170 cm³/mol. The minimum Gasteiger partial charge on any atom is -0.351 e. The molecular formula is C37H38N4. The first-order valence-corrected chi connectivity index (χ1v) is 15.4. The van der Waals surface area contributed by atoms with Gasteiger partial charge in [0.15, 0.2) is 6.17 Å². The molecule has 2 aromatic rings. The summed E-state index contributed by atoms with van der Waals surface area (Å²) in [6.07, 6.45) is 28.2. The van der Waals surface area contributed by atoms with Gasteiger partial charge in [-0.2, -0.15) is 0 Å². The normalized spacial score (nSPS) is 30.1. The third-order valence-corrected chi connectivity index (χ3v) is 10.2. The Kier molecular flexibility index (Phi) is 5.80. The molecule has 41 heavy (non-hydrogen) atoms. The molecule has 5 unspecified atom stereocenters. The third-order valence-electron chi connectivity index (χ3n) is 10.2. The number of rotatable bonds is 5. The lowest BCUT2D eigenvalue weighted by molar-refractivity contribution is 0.301. The monoisotopic (exact) mass is 538 g/mol. The Morgan fingerprint density at radius 2 is 1.83 bits per heavy atom. The minimum atomic E-state index is 0.00144. The van der Waals surface area contributed by atoms with Crippen molar-refractivity contribution in [2.24, 2.45) is 21.8 Å². The maximum atomic E-state index is 5.22. The molecule has 0 spiro atoms. The molecule has 0 amide bonds. The number of nitrogens with zero attached hydrogens (tertiary/aromatic N) is 3. The van der Waals surface area contributed by atoms with Crippen molar-refractivity contribution in [1.82, 2.24) is 5.32 Å². The Hall–Kier alpha value is -3.92. The lowest BCUT2D eigenvalue weighted by Crippen LogP contribution is -2.52. The lowest BCUT2D eigenvalue weighted by Gasteiger charge is -2.44. The SMILES string of the molecule is CC1(C)c2cc(-c3cc(N4C(C5C=CC=CC5)=NC4C4=CCCC=C4)ccc3C3N=CN3)ccc2C2C=CCCC21. The van der Waals surface area contributed by atoms with Gasteiger partial charge >= 0.3 is 0 Å². The quantitative estimate of drug-likeness (QED) is 0.389. The summed E-state index contributed by atoms with van der Waals surface area (Å²) in [5.74, 6) is 2.69. The zero-order chi connectivity index (χ0) is 27.6. The van der Waals surface area contributed by atoms with Crippen LogP contribution in [0.4, 0.5) is 5.69 Å². The molecule has 4 heteroatoms. The first kappa shape index (κ1) is 24.8. The van der Waals surface area contributed by atoms with Crippen molar-refractivity contribution in [2.45, 2.75) is 69.6 Å². The van der Waals surface area contributed by atoms with Crippen LogP contribution in [0, 0.1) is 11.8 Å². The highest BCUT2D eigenvalue weighted by Gasteiger charge is 2.45. The number of fused-ring (bicyclic) bond motifs is 3. The number of amidine groups is 1. The zero-order valence-corrected chi connectivity index (χ0v) is 24.0. The molecule has 0 aromatic heterocycles. The van der Waals surface area contributed by atoms with Crippen LogP contribution in [-0.4, -0.2) is 18.3 Å². The van der Waals surface area contributed by atoms with Gasteiger partial charge in [0.2, 0.25) is 0 Å². The molecule has 1 N–H and O–H groups in total. The standard InChI is InChI=1S/C37H38N4/c1-37(2)32-16-10-9-15-28(32)29-19-17-26(21-33(29)37)31-22-27(18-20-30(31)34-38-23-39-34)41-35(24-11-5-3-6-12-24)40-36(41)25-13-7-4-8-14-25/h3,5-7,9,11,13-15,17-24,28,32,34,36H,4,8,10,12,16H2,1-2H3,(H,38,39). The summed E-state index contributed by atoms with van der Waals surface area (Å²) in [4.78, 5) is 12.4. The fraction of sp³-hybridized carbons (Fsp3) is 0.351. The lowest BCUT2D eigenvalue weighted by atomic mass is 9.72. The molecule has 8 rings (SSSR count). The van der Waals surface area contributed by atoms with Crippen LogP contribution in [0.25, 0.3) is 11.1 Å². The zero-order valence-electron chi connectivity index (χ0n) is 24.0. The number of benzene rings is 2. The third kappa shape index (κ3) is 3.94. The number of anilines is 1. The van der Waals surface area contributed by atoms with E-state index in [0.717, 1.165) is 19.3 Å². The topological polar surface area (TPSA) is 40.0 Å². The molecule has 0 saturated carbocycles. The molecule has 0 bridgehead atoms. The van der Waals surface area contributed by atoms with Crippen LogP contribution in [0.15, 0.2) is 107 Å². The number of aliphatic imine (C=N–C) groups is 2. The maximum absolute atomic E-state index is 5.22. The highest BCUT2D eigenvalue weighted by atomic mass is 15.4. The average Bonchev–Trinajstić information content (AvgIpc) is 3.20. The van der Waals surface area contributed by atoms with E-state index in [1.165, 1.54) is 57.8 Å². The summed E-state index contributed by atoms with van der Waals surface area (Å²) < 4.78 is 0. The van der Waals surface area contributed by atoms with Gasteiger partial charge in [-0.15, -0.1) is 0 Å². The summed E-state index contributed by atoms with van der Waals surface area (Å²) in [6, 6.07) is 14.2. The van der Waals surface area contributed by atoms with Crippen molar-refractivity contribution in [3.63, 3.8) is 0 Å². The molecule has 0 fully saturated rings. The van der Waals surface area contributed by atoms with Crippen LogP contribution >= 0.6 is 0 Å². The van der Waals surface area contributed by atoms with E-state index in [4.69, 9.17) is 4.99 Å². The van der Waals surface area contributed by atoms with Crippen molar-refractivity contribution in [3.8, 4) is 11.1 Å². The van der Waals surface area contributed by atoms with E-state index < -0.39 is 0 Å². The van der Waals surface area contributed by atoms with Crippen LogP contribution in [0.2, 0.25) is 0 Å². The van der Waals surface area contributed by atoms with Gasteiger partial charge < -0.3 is 10.2 Å². The highest BCUT2D eigenvalue weighted by molar-refractivity contribution is 6.06. The first-order chi connectivity index (χ1) is 20.1. The molecule has 2 heterocycles. The average molecular weight is 539 g/mol. The number of hydrogen-bond acceptors (Lipinski definition) is 4. The first-order valence-electron chi connectivity index (χ1n) is 15.4. The van der Waals surface area contributed by atoms with Crippen LogP contribution in [0.1, 0.15) is 74.7 Å². The Bertz CT molecular complexity index is 1610. The van der Waals surface area contributed by atoms with Crippen LogP contribution in [-0.2, 0) is 5.41 Å². The molecule has 5 atom stereocenters. The van der Waals surface area contributed by atoms with Gasteiger partial charge in [-0.25, -0.2) is 9.98 Å². The second-order valence-corrected chi connectivity index (χ2v) is 12.9. The number of hydrogen-bond donors (Lipinski definition) is 1. The molecule has 0 radical (unpaired) electrons. The van der Waals surface area contributed by atoms with Gasteiger partial charge in [-0.1, -0.05) is 92.8 Å². The molecular weight excluding hydrogens is 500 g/mol. The van der Waals surface area contributed by atoms with Gasteiger partial charge in [0.05, 0.1) is 6.34 Å². The number of nitrogens with one attached hydrogen (secondary N) is 1. The van der Waals surface area contributed by atoms with E-state index in [1.54, 1.807) is 0 Å². The van der Waals surface area contributed by atoms with Crippen molar-refractivity contribution >= 4 is 17.9 Å². The molecule has 4 nitrogen and oxygen atoms in total. The highest BCUT2D eigenvalue weighted by Crippen LogP contribution is 2.55. The van der Waals surface area contributed by atoms with Gasteiger partial charge in [0.25, 0.3) is 0 Å². The van der Waals surface area contributed by atoms with Gasteiger partial charge in [-0.05, 0) is 83.4 Å². The van der Waals surface area contributed by atoms with E-state index in [2.05, 4.69) is 120 Å². The molecule has 6 aliphatic rings. The molecule has 4 aliphatic carbocycles. The largest absolute Gasteiger partial charge is 0.351 e. The Labute approximate surface area is 243 Å². The predicted octanol–water partition coefficient (Wildman–Crippen LogP) is 8.28. The Balaban J connectivity index is 1.23. The van der Waals surface area contributed by atoms with E-state index in [9.17, 15) is 0 Å². The summed E-state index contributed by atoms with van der Waals surface area (Å²) in [7, 11) is 0. The van der Waals surface area contributed by atoms with Crippen molar-refractivity contribution in [2.75, 3.05) is 4.90 Å². The van der Waals surface area contributed by atoms with Crippen LogP contribution in [0.3, 0.4) is 0 Å². The van der Waals surface area contributed by atoms with Gasteiger partial charge in [0, 0.05) is 23.1 Å². The van der Waals surface area contributed by atoms with Gasteiger partial charge in [0.1, 0.15) is 12.0 Å². The summed E-state index contributed by atoms with van der Waals surface area (Å²) >= 11 is 0. The van der Waals surface area contributed by atoms with Crippen LogP contribution in [0.5, 0.6) is 0 Å². The Morgan fingerprint density at radius 3 is 2.61 bits per heavy atom. The molecule has 2 aliphatic heterocycles. The summed E-state index contributed by atoms with van der Waals surface area (Å²) in [5.41, 5.74) is 9.49. The second kappa shape index (κ2) is 9.58. The van der Waals surface area contributed by atoms with Crippen LogP contribution < -0.4 is 10.2 Å². The Morgan fingerprint density at radius 1 is 0.927 bits per heavy atom. The van der Waals surface area contributed by atoms with Gasteiger partial charge in [-0.3, -0.25) is 0 Å². The molecule has 2 aromatic carbocycles. The van der Waals surface area contributed by atoms with Crippen molar-refractivity contribution in [3.05, 3.63) is 113 Å². The van der Waals surface area contributed by atoms with E-state index in [1.807, 2.05) is 6.34 Å². The summed E-state index contributed by atoms with van der Waals surface area (Å²) in [6.45, 7) is 4.92. The van der Waals surface area contributed by atoms with Crippen molar-refractivity contribution in [1.29, 1.82) is 0 Å². The van der Waals surface area contributed by atoms with Crippen molar-refractivity contribution < 1.29 is 0 Å². The number of allylic oxidation sites excluding steroid dienone is 7. The smallest absolute Gasteiger partial charge is 0.154 e. The fourth-order valence-corrected chi connectivity index (χ4v) is 7.92. The van der Waals surface area contributed by atoms with E-state index in [-0.39, 0.29) is 17.7 Å². The molecule has 0 saturated heterocycles. The minimum absolute atomic E-state index is 0.00144. The van der Waals surface area contributed by atoms with E-state index in [0.29, 0.717) is 17.8 Å². The summed E-state index contributed by atoms with van der Waals surface area (Å²) in [5, 5.41) is 3.41. The molecule has 206 valence electrons. The second-order valence-electron chi connectivity index (χ2n) is 12.9.